The minimum Gasteiger partial charge on any atom is -0.438 e. The third-order valence-electron chi connectivity index (χ3n) is 2.07. The molecule has 0 aromatic heterocycles. The Morgan fingerprint density at radius 3 is 2.82 bits per heavy atom. The number of imide groups is 1. The van der Waals surface area contributed by atoms with Gasteiger partial charge in [0.2, 0.25) is 0 Å². The van der Waals surface area contributed by atoms with Gasteiger partial charge in [-0.05, 0) is 17.7 Å². The number of hydrazone groups is 1. The van der Waals surface area contributed by atoms with Crippen molar-refractivity contribution >= 4 is 35.5 Å². The molecule has 0 bridgehead atoms. The van der Waals surface area contributed by atoms with Crippen molar-refractivity contribution in [1.29, 1.82) is 0 Å². The summed E-state index contributed by atoms with van der Waals surface area (Å²) in [5.41, 5.74) is 6.61. The lowest BCUT2D eigenvalue weighted by atomic mass is 10.2. The highest BCUT2D eigenvalue weighted by Crippen LogP contribution is 2.18. The summed E-state index contributed by atoms with van der Waals surface area (Å²) in [7, 11) is 0. The maximum atomic E-state index is 11.1. The van der Waals surface area contributed by atoms with Crippen LogP contribution in [-0.2, 0) is 9.53 Å². The van der Waals surface area contributed by atoms with Gasteiger partial charge in [0.1, 0.15) is 0 Å². The van der Waals surface area contributed by atoms with E-state index in [-0.39, 0.29) is 6.61 Å². The van der Waals surface area contributed by atoms with Gasteiger partial charge < -0.3 is 10.5 Å². The zero-order chi connectivity index (χ0) is 12.4. The highest BCUT2D eigenvalue weighted by molar-refractivity contribution is 6.33. The number of hydrogen-bond acceptors (Lipinski definition) is 5. The highest BCUT2D eigenvalue weighted by Gasteiger charge is 2.30. The molecule has 6 nitrogen and oxygen atoms in total. The summed E-state index contributed by atoms with van der Waals surface area (Å²) in [5, 5.41) is 4.80. The zero-order valence-corrected chi connectivity index (χ0v) is 9.35. The summed E-state index contributed by atoms with van der Waals surface area (Å²) >= 11 is 5.75. The molecule has 0 saturated carbocycles. The predicted molar refractivity (Wildman–Crippen MR) is 61.7 cm³/mol. The minimum absolute atomic E-state index is 0.279. The van der Waals surface area contributed by atoms with Crippen molar-refractivity contribution in [2.45, 2.75) is 0 Å². The first kappa shape index (κ1) is 11.4. The summed E-state index contributed by atoms with van der Waals surface area (Å²) in [6.45, 7) is -0.279. The smallest absolute Gasteiger partial charge is 0.438 e. The second-order valence-electron chi connectivity index (χ2n) is 3.29. The Labute approximate surface area is 102 Å². The number of anilines is 1. The van der Waals surface area contributed by atoms with Gasteiger partial charge in [-0.25, -0.2) is 4.79 Å². The normalized spacial score (nSPS) is 15.7. The molecule has 1 heterocycles. The number of ether oxygens (including phenoxy) is 1. The van der Waals surface area contributed by atoms with Gasteiger partial charge in [-0.1, -0.05) is 17.7 Å². The maximum Gasteiger partial charge on any atom is 0.438 e. The molecule has 2 rings (SSSR count). The summed E-state index contributed by atoms with van der Waals surface area (Å²) in [6.07, 6.45) is 0.546. The molecular formula is C10H8ClN3O3. The first-order valence-electron chi connectivity index (χ1n) is 4.66. The van der Waals surface area contributed by atoms with Crippen molar-refractivity contribution in [3.8, 4) is 0 Å². The van der Waals surface area contributed by atoms with Crippen LogP contribution in [0.4, 0.5) is 10.5 Å². The lowest BCUT2D eigenvalue weighted by molar-refractivity contribution is -0.125. The first-order chi connectivity index (χ1) is 8.08. The topological polar surface area (TPSA) is 85.0 Å². The molecule has 1 aliphatic heterocycles. The van der Waals surface area contributed by atoms with Gasteiger partial charge >= 0.3 is 6.09 Å². The molecule has 0 atom stereocenters. The molecule has 88 valence electrons. The summed E-state index contributed by atoms with van der Waals surface area (Å²) < 4.78 is 4.49. The number of carbonyl (C=O) groups excluding carboxylic acids is 2. The van der Waals surface area contributed by atoms with Crippen LogP contribution < -0.4 is 5.73 Å². The van der Waals surface area contributed by atoms with Gasteiger partial charge in [0, 0.05) is 0 Å². The number of halogens is 1. The number of benzene rings is 1. The van der Waals surface area contributed by atoms with Crippen LogP contribution in [-0.4, -0.2) is 29.8 Å². The summed E-state index contributed by atoms with van der Waals surface area (Å²) in [5.74, 6) is -0.506. The fraction of sp³-hybridized carbons (Fsp3) is 0.100. The molecule has 0 radical (unpaired) electrons. The SMILES string of the molecule is Nc1cc(/C=N/N2C(=O)COC2=O)ccc1Cl. The van der Waals surface area contributed by atoms with Crippen LogP contribution in [0, 0.1) is 0 Å². The number of cyclic esters (lactones) is 1. The average molecular weight is 254 g/mol. The van der Waals surface area contributed by atoms with E-state index in [9.17, 15) is 9.59 Å². The number of nitrogen functional groups attached to an aromatic ring is 1. The number of rotatable bonds is 2. The molecule has 1 aromatic rings. The quantitative estimate of drug-likeness (QED) is 0.635. The number of hydrogen-bond donors (Lipinski definition) is 1. The standard InChI is InChI=1S/C10H8ClN3O3/c11-7-2-1-6(3-8(7)12)4-13-14-9(15)5-17-10(14)16/h1-4H,5,12H2/b13-4+. The number of nitrogens with two attached hydrogens (primary N) is 1. The van der Waals surface area contributed by atoms with Crippen LogP contribution >= 0.6 is 11.6 Å². The van der Waals surface area contributed by atoms with Crippen LogP contribution in [0.5, 0.6) is 0 Å². The van der Waals surface area contributed by atoms with E-state index in [1.807, 2.05) is 0 Å². The van der Waals surface area contributed by atoms with Gasteiger partial charge in [0.05, 0.1) is 16.9 Å². The Hall–Kier alpha value is -2.08. The van der Waals surface area contributed by atoms with Gasteiger partial charge in [0.15, 0.2) is 6.61 Å². The van der Waals surface area contributed by atoms with E-state index in [0.717, 1.165) is 0 Å². The van der Waals surface area contributed by atoms with Crippen molar-refractivity contribution in [3.05, 3.63) is 28.8 Å². The number of carbonyl (C=O) groups is 2. The van der Waals surface area contributed by atoms with Crippen LogP contribution in [0.1, 0.15) is 5.56 Å². The number of nitrogens with zero attached hydrogens (tertiary/aromatic N) is 2. The molecule has 2 amide bonds. The third-order valence-corrected chi connectivity index (χ3v) is 2.41. The van der Waals surface area contributed by atoms with Gasteiger partial charge in [-0.2, -0.15) is 5.10 Å². The molecular weight excluding hydrogens is 246 g/mol. The fourth-order valence-electron chi connectivity index (χ4n) is 1.23. The first-order valence-corrected chi connectivity index (χ1v) is 5.04. The van der Waals surface area contributed by atoms with E-state index >= 15 is 0 Å². The molecule has 1 saturated heterocycles. The van der Waals surface area contributed by atoms with Gasteiger partial charge in [-0.3, -0.25) is 4.79 Å². The lowest BCUT2D eigenvalue weighted by Gasteiger charge is -2.02. The van der Waals surface area contributed by atoms with E-state index in [1.54, 1.807) is 18.2 Å². The van der Waals surface area contributed by atoms with E-state index in [0.29, 0.717) is 21.3 Å². The van der Waals surface area contributed by atoms with Crippen molar-refractivity contribution in [2.24, 2.45) is 5.10 Å². The zero-order valence-electron chi connectivity index (χ0n) is 8.59. The summed E-state index contributed by atoms with van der Waals surface area (Å²) in [4.78, 5) is 22.2. The molecule has 0 spiro atoms. The molecule has 2 N–H and O–H groups in total. The fourth-order valence-corrected chi connectivity index (χ4v) is 1.34. The molecule has 1 fully saturated rings. The second kappa shape index (κ2) is 4.42. The molecule has 0 unspecified atom stereocenters. The predicted octanol–water partition coefficient (Wildman–Crippen LogP) is 1.23. The molecule has 17 heavy (non-hydrogen) atoms. The highest BCUT2D eigenvalue weighted by atomic mass is 35.5. The van der Waals surface area contributed by atoms with Crippen molar-refractivity contribution < 1.29 is 14.3 Å². The van der Waals surface area contributed by atoms with Crippen molar-refractivity contribution in [3.63, 3.8) is 0 Å². The average Bonchev–Trinajstić information content (AvgIpc) is 2.61. The second-order valence-corrected chi connectivity index (χ2v) is 3.69. The number of amides is 2. The maximum absolute atomic E-state index is 11.1. The Morgan fingerprint density at radius 1 is 1.47 bits per heavy atom. The molecule has 1 aliphatic rings. The Morgan fingerprint density at radius 2 is 2.24 bits per heavy atom. The van der Waals surface area contributed by atoms with E-state index in [1.165, 1.54) is 6.21 Å². The largest absolute Gasteiger partial charge is 0.438 e. The van der Waals surface area contributed by atoms with Crippen molar-refractivity contribution in [1.82, 2.24) is 5.01 Å². The minimum atomic E-state index is -0.784. The van der Waals surface area contributed by atoms with Crippen molar-refractivity contribution in [2.75, 3.05) is 12.3 Å². The van der Waals surface area contributed by atoms with Gasteiger partial charge in [0.25, 0.3) is 5.91 Å². The van der Waals surface area contributed by atoms with E-state index in [4.69, 9.17) is 17.3 Å². The van der Waals surface area contributed by atoms with Crippen LogP contribution in [0.2, 0.25) is 5.02 Å². The Bertz CT molecular complexity index is 500. The van der Waals surface area contributed by atoms with E-state index in [2.05, 4.69) is 9.84 Å². The monoisotopic (exact) mass is 253 g/mol. The Kier molecular flexibility index (Phi) is 2.97. The van der Waals surface area contributed by atoms with Crippen LogP contribution in [0.25, 0.3) is 0 Å². The lowest BCUT2D eigenvalue weighted by Crippen LogP contribution is -2.23. The molecule has 7 heteroatoms. The third kappa shape index (κ3) is 2.36. The summed E-state index contributed by atoms with van der Waals surface area (Å²) in [6, 6.07) is 4.84. The molecule has 0 aliphatic carbocycles. The molecule has 1 aromatic carbocycles. The van der Waals surface area contributed by atoms with Crippen LogP contribution in [0.3, 0.4) is 0 Å². The van der Waals surface area contributed by atoms with Crippen LogP contribution in [0.15, 0.2) is 23.3 Å². The van der Waals surface area contributed by atoms with Gasteiger partial charge in [-0.15, -0.1) is 5.01 Å². The van der Waals surface area contributed by atoms with E-state index < -0.39 is 12.0 Å². The Balaban J connectivity index is 2.17.